The molecular formula is C13H15N2. The average molecular weight is 199 g/mol. The van der Waals surface area contributed by atoms with E-state index in [1.807, 2.05) is 6.20 Å². The fraction of sp³-hybridized carbons (Fsp3) is 0.385. The highest BCUT2D eigenvalue weighted by Crippen LogP contribution is 2.29. The monoisotopic (exact) mass is 199 g/mol. The molecule has 1 atom stereocenters. The lowest BCUT2D eigenvalue weighted by molar-refractivity contribution is 0.413. The van der Waals surface area contributed by atoms with Crippen LogP contribution in [0.5, 0.6) is 0 Å². The molecule has 2 nitrogen and oxygen atoms in total. The quantitative estimate of drug-likeness (QED) is 0.688. The third-order valence-electron chi connectivity index (χ3n) is 3.21. The molecule has 0 N–H and O–H groups in total. The van der Waals surface area contributed by atoms with Gasteiger partial charge in [-0.1, -0.05) is 31.0 Å². The van der Waals surface area contributed by atoms with Gasteiger partial charge in [-0.15, -0.1) is 0 Å². The van der Waals surface area contributed by atoms with Gasteiger partial charge in [0.25, 0.3) is 0 Å². The average Bonchev–Trinajstić information content (AvgIpc) is 2.74. The van der Waals surface area contributed by atoms with Gasteiger partial charge in [0.2, 0.25) is 0 Å². The minimum Gasteiger partial charge on any atom is -0.262 e. The number of benzene rings is 1. The van der Waals surface area contributed by atoms with Gasteiger partial charge in [-0.05, 0) is 25.3 Å². The topological polar surface area (TPSA) is 17.8 Å². The number of aromatic nitrogens is 2. The van der Waals surface area contributed by atoms with Crippen molar-refractivity contribution in [3.05, 3.63) is 36.9 Å². The third-order valence-corrected chi connectivity index (χ3v) is 3.21. The summed E-state index contributed by atoms with van der Waals surface area (Å²) in [6.45, 7) is 0. The Bertz CT molecular complexity index is 452. The van der Waals surface area contributed by atoms with Crippen molar-refractivity contribution in [3.8, 4) is 0 Å². The summed E-state index contributed by atoms with van der Waals surface area (Å²) in [6.07, 6.45) is 9.52. The number of fused-ring (bicyclic) bond motifs is 1. The number of nitrogens with zero attached hydrogens (tertiary/aromatic N) is 2. The summed E-state index contributed by atoms with van der Waals surface area (Å²) in [7, 11) is 0. The van der Waals surface area contributed by atoms with Crippen LogP contribution in [0, 0.1) is 6.42 Å². The van der Waals surface area contributed by atoms with Crippen LogP contribution < -0.4 is 0 Å². The lowest BCUT2D eigenvalue weighted by Gasteiger charge is -2.22. The van der Waals surface area contributed by atoms with E-state index in [9.17, 15) is 0 Å². The van der Waals surface area contributed by atoms with Gasteiger partial charge in [0.1, 0.15) is 0 Å². The zero-order chi connectivity index (χ0) is 10.1. The molecule has 1 aliphatic rings. The highest BCUT2D eigenvalue weighted by Gasteiger charge is 2.17. The molecule has 0 saturated heterocycles. The zero-order valence-corrected chi connectivity index (χ0v) is 8.76. The second-order valence-electron chi connectivity index (χ2n) is 4.24. The first-order valence-corrected chi connectivity index (χ1v) is 5.71. The van der Waals surface area contributed by atoms with Crippen LogP contribution in [-0.4, -0.2) is 9.78 Å². The lowest BCUT2D eigenvalue weighted by Crippen LogP contribution is -2.14. The molecular weight excluding hydrogens is 184 g/mol. The molecule has 1 radical (unpaired) electrons. The fourth-order valence-corrected chi connectivity index (χ4v) is 2.40. The van der Waals surface area contributed by atoms with Crippen molar-refractivity contribution >= 4 is 10.9 Å². The molecule has 0 amide bonds. The van der Waals surface area contributed by atoms with E-state index < -0.39 is 0 Å². The summed E-state index contributed by atoms with van der Waals surface area (Å²) in [4.78, 5) is 0. The highest BCUT2D eigenvalue weighted by molar-refractivity contribution is 5.78. The molecule has 3 rings (SSSR count). The van der Waals surface area contributed by atoms with Gasteiger partial charge < -0.3 is 0 Å². The van der Waals surface area contributed by atoms with Crippen molar-refractivity contribution in [3.63, 3.8) is 0 Å². The normalized spacial score (nSPS) is 18.4. The first kappa shape index (κ1) is 8.96. The minimum absolute atomic E-state index is 0.513. The molecule has 0 bridgehead atoms. The van der Waals surface area contributed by atoms with Crippen LogP contribution in [0.3, 0.4) is 0 Å². The van der Waals surface area contributed by atoms with Crippen LogP contribution in [-0.2, 0) is 0 Å². The molecule has 1 aromatic carbocycles. The van der Waals surface area contributed by atoms with E-state index in [0.717, 1.165) is 0 Å². The Labute approximate surface area is 89.9 Å². The largest absolute Gasteiger partial charge is 0.262 e. The lowest BCUT2D eigenvalue weighted by atomic mass is 9.95. The van der Waals surface area contributed by atoms with Gasteiger partial charge in [-0.3, -0.25) is 4.68 Å². The predicted octanol–water partition coefficient (Wildman–Crippen LogP) is 3.36. The number of para-hydroxylation sites is 1. The molecule has 2 aromatic rings. The number of hydrogen-bond acceptors (Lipinski definition) is 1. The Morgan fingerprint density at radius 1 is 1.20 bits per heavy atom. The van der Waals surface area contributed by atoms with Crippen molar-refractivity contribution in [2.75, 3.05) is 0 Å². The van der Waals surface area contributed by atoms with Crippen molar-refractivity contribution < 1.29 is 0 Å². The molecule has 0 aliphatic heterocycles. The molecule has 0 spiro atoms. The van der Waals surface area contributed by atoms with Crippen LogP contribution in [0.4, 0.5) is 0 Å². The first-order chi connectivity index (χ1) is 7.45. The Kier molecular flexibility index (Phi) is 2.20. The van der Waals surface area contributed by atoms with Gasteiger partial charge in [0.05, 0.1) is 17.8 Å². The Hall–Kier alpha value is -1.31. The smallest absolute Gasteiger partial charge is 0.0685 e. The van der Waals surface area contributed by atoms with Crippen molar-refractivity contribution in [1.82, 2.24) is 9.78 Å². The second-order valence-corrected chi connectivity index (χ2v) is 4.24. The molecule has 1 heterocycles. The number of hydrogen-bond donors (Lipinski definition) is 0. The maximum Gasteiger partial charge on any atom is 0.0685 e. The van der Waals surface area contributed by atoms with Gasteiger partial charge in [-0.25, -0.2) is 0 Å². The predicted molar refractivity (Wildman–Crippen MR) is 61.5 cm³/mol. The summed E-state index contributed by atoms with van der Waals surface area (Å²) in [5.74, 6) is 0. The van der Waals surface area contributed by atoms with Gasteiger partial charge in [-0.2, -0.15) is 5.10 Å². The molecule has 1 fully saturated rings. The maximum absolute atomic E-state index is 4.50. The van der Waals surface area contributed by atoms with E-state index >= 15 is 0 Å². The number of rotatable bonds is 1. The van der Waals surface area contributed by atoms with E-state index in [2.05, 4.69) is 40.5 Å². The standard InChI is InChI=1S/C13H15N2/c1-2-7-12(8-3-1)15-13-9-5-4-6-11(13)10-14-15/h4-7,9-10,12H,1-3,8H2. The first-order valence-electron chi connectivity index (χ1n) is 5.71. The highest BCUT2D eigenvalue weighted by atomic mass is 15.3. The van der Waals surface area contributed by atoms with Crippen LogP contribution in [0.15, 0.2) is 30.5 Å². The molecule has 2 heteroatoms. The second kappa shape index (κ2) is 3.69. The van der Waals surface area contributed by atoms with Gasteiger partial charge >= 0.3 is 0 Å². The van der Waals surface area contributed by atoms with Gasteiger partial charge in [0, 0.05) is 5.39 Å². The molecule has 77 valence electrons. The van der Waals surface area contributed by atoms with E-state index in [1.54, 1.807) is 0 Å². The minimum atomic E-state index is 0.513. The summed E-state index contributed by atoms with van der Waals surface area (Å²) >= 11 is 0. The molecule has 15 heavy (non-hydrogen) atoms. The molecule has 1 aromatic heterocycles. The van der Waals surface area contributed by atoms with Crippen LogP contribution in [0.1, 0.15) is 31.7 Å². The summed E-state index contributed by atoms with van der Waals surface area (Å²) in [5, 5.41) is 5.75. The van der Waals surface area contributed by atoms with Crippen LogP contribution in [0.25, 0.3) is 10.9 Å². The summed E-state index contributed by atoms with van der Waals surface area (Å²) in [5.41, 5.74) is 1.26. The van der Waals surface area contributed by atoms with Crippen molar-refractivity contribution in [2.24, 2.45) is 0 Å². The van der Waals surface area contributed by atoms with E-state index in [-0.39, 0.29) is 0 Å². The SMILES string of the molecule is [CH]1CCCCC1n1ncc2ccccc21. The van der Waals surface area contributed by atoms with Crippen LogP contribution in [0.2, 0.25) is 0 Å². The third kappa shape index (κ3) is 1.54. The van der Waals surface area contributed by atoms with Crippen LogP contribution >= 0.6 is 0 Å². The van der Waals surface area contributed by atoms with E-state index in [1.165, 1.54) is 36.6 Å². The Balaban J connectivity index is 2.02. The molecule has 1 unspecified atom stereocenters. The molecule has 1 saturated carbocycles. The van der Waals surface area contributed by atoms with Crippen molar-refractivity contribution in [2.45, 2.75) is 31.7 Å². The van der Waals surface area contributed by atoms with Crippen molar-refractivity contribution in [1.29, 1.82) is 0 Å². The zero-order valence-electron chi connectivity index (χ0n) is 8.76. The Morgan fingerprint density at radius 3 is 3.00 bits per heavy atom. The Morgan fingerprint density at radius 2 is 2.13 bits per heavy atom. The van der Waals surface area contributed by atoms with E-state index in [4.69, 9.17) is 0 Å². The molecule has 1 aliphatic carbocycles. The van der Waals surface area contributed by atoms with E-state index in [0.29, 0.717) is 6.04 Å². The summed E-state index contributed by atoms with van der Waals surface area (Å²) < 4.78 is 2.18. The fourth-order valence-electron chi connectivity index (χ4n) is 2.40. The summed E-state index contributed by atoms with van der Waals surface area (Å²) in [6, 6.07) is 8.95. The maximum atomic E-state index is 4.50. The van der Waals surface area contributed by atoms with Gasteiger partial charge in [0.15, 0.2) is 0 Å².